The number of para-hydroxylation sites is 1. The standard InChI is InChI=1S/C25H33ClN4O3S2/c1-5-15-29(16-6-2)35(32,33)20-13-11-19(12-14-20)24(31)30(18-8-17-28(3)4)25-27-23-21(26)9-7-10-22(23)34-25/h7,9-14H,5-6,8,15-18H2,1-4H3. The van der Waals surface area contributed by atoms with Crippen LogP contribution in [0.2, 0.25) is 5.02 Å². The lowest BCUT2D eigenvalue weighted by Gasteiger charge is -2.22. The number of fused-ring (bicyclic) bond motifs is 1. The van der Waals surface area contributed by atoms with E-state index in [9.17, 15) is 13.2 Å². The summed E-state index contributed by atoms with van der Waals surface area (Å²) in [7, 11) is 0.370. The molecular weight excluding hydrogens is 504 g/mol. The van der Waals surface area contributed by atoms with Crippen molar-refractivity contribution < 1.29 is 13.2 Å². The van der Waals surface area contributed by atoms with Gasteiger partial charge in [0.15, 0.2) is 5.13 Å². The molecule has 0 bridgehead atoms. The van der Waals surface area contributed by atoms with Crippen molar-refractivity contribution in [1.82, 2.24) is 14.2 Å². The molecule has 0 N–H and O–H groups in total. The summed E-state index contributed by atoms with van der Waals surface area (Å²) in [6.45, 7) is 6.15. The van der Waals surface area contributed by atoms with Crippen molar-refractivity contribution in [2.45, 2.75) is 38.0 Å². The Balaban J connectivity index is 1.91. The van der Waals surface area contributed by atoms with Gasteiger partial charge in [-0.1, -0.05) is 42.9 Å². The van der Waals surface area contributed by atoms with E-state index in [0.29, 0.717) is 40.9 Å². The van der Waals surface area contributed by atoms with E-state index in [1.54, 1.807) is 23.1 Å². The van der Waals surface area contributed by atoms with Crippen molar-refractivity contribution in [3.63, 3.8) is 0 Å². The number of rotatable bonds is 12. The van der Waals surface area contributed by atoms with E-state index in [0.717, 1.165) is 30.5 Å². The molecule has 0 fully saturated rings. The summed E-state index contributed by atoms with van der Waals surface area (Å²) in [5.41, 5.74) is 1.09. The first-order chi connectivity index (χ1) is 16.7. The number of nitrogens with zero attached hydrogens (tertiary/aromatic N) is 4. The third kappa shape index (κ3) is 6.59. The van der Waals surface area contributed by atoms with Gasteiger partial charge in [-0.2, -0.15) is 4.31 Å². The number of hydrogen-bond acceptors (Lipinski definition) is 6. The number of benzene rings is 2. The van der Waals surface area contributed by atoms with Crippen LogP contribution in [0, 0.1) is 0 Å². The summed E-state index contributed by atoms with van der Waals surface area (Å²) in [5.74, 6) is -0.221. The molecule has 0 aliphatic rings. The van der Waals surface area contributed by atoms with Gasteiger partial charge in [-0.25, -0.2) is 13.4 Å². The van der Waals surface area contributed by atoms with Gasteiger partial charge in [0.2, 0.25) is 10.0 Å². The smallest absolute Gasteiger partial charge is 0.260 e. The normalized spacial score (nSPS) is 12.1. The first-order valence-electron chi connectivity index (χ1n) is 11.8. The summed E-state index contributed by atoms with van der Waals surface area (Å²) in [6.07, 6.45) is 2.24. The number of carbonyl (C=O) groups is 1. The van der Waals surface area contributed by atoms with Gasteiger partial charge >= 0.3 is 0 Å². The van der Waals surface area contributed by atoms with E-state index in [4.69, 9.17) is 11.6 Å². The third-order valence-electron chi connectivity index (χ3n) is 5.51. The molecule has 0 spiro atoms. The van der Waals surface area contributed by atoms with Crippen molar-refractivity contribution in [2.24, 2.45) is 0 Å². The van der Waals surface area contributed by atoms with E-state index in [-0.39, 0.29) is 10.8 Å². The second kappa shape index (κ2) is 12.3. The van der Waals surface area contributed by atoms with Crippen LogP contribution in [-0.4, -0.2) is 68.8 Å². The highest BCUT2D eigenvalue weighted by Gasteiger charge is 2.25. The molecule has 1 amide bonds. The lowest BCUT2D eigenvalue weighted by molar-refractivity contribution is 0.0986. The zero-order valence-electron chi connectivity index (χ0n) is 20.7. The van der Waals surface area contributed by atoms with Crippen LogP contribution in [0.3, 0.4) is 0 Å². The fourth-order valence-electron chi connectivity index (χ4n) is 3.77. The van der Waals surface area contributed by atoms with Crippen LogP contribution < -0.4 is 4.90 Å². The molecule has 1 aromatic heterocycles. The van der Waals surface area contributed by atoms with Crippen LogP contribution in [0.4, 0.5) is 5.13 Å². The minimum absolute atomic E-state index is 0.196. The second-order valence-electron chi connectivity index (χ2n) is 8.63. The maximum Gasteiger partial charge on any atom is 0.260 e. The predicted octanol–water partition coefficient (Wildman–Crippen LogP) is 5.36. The van der Waals surface area contributed by atoms with E-state index in [2.05, 4.69) is 9.88 Å². The SMILES string of the molecule is CCCN(CCC)S(=O)(=O)c1ccc(C(=O)N(CCCN(C)C)c2nc3c(Cl)cccc3s2)cc1. The van der Waals surface area contributed by atoms with Gasteiger partial charge in [0.05, 0.1) is 14.6 Å². The molecule has 2 aromatic carbocycles. The molecule has 0 saturated carbocycles. The van der Waals surface area contributed by atoms with Gasteiger partial charge in [0.1, 0.15) is 5.52 Å². The van der Waals surface area contributed by atoms with Crippen LogP contribution >= 0.6 is 22.9 Å². The van der Waals surface area contributed by atoms with Gasteiger partial charge in [-0.15, -0.1) is 0 Å². The average molecular weight is 537 g/mol. The van der Waals surface area contributed by atoms with E-state index >= 15 is 0 Å². The summed E-state index contributed by atoms with van der Waals surface area (Å²) >= 11 is 7.74. The van der Waals surface area contributed by atoms with Crippen LogP contribution in [0.1, 0.15) is 43.5 Å². The molecule has 190 valence electrons. The monoisotopic (exact) mass is 536 g/mol. The minimum Gasteiger partial charge on any atom is -0.309 e. The number of thiazole rings is 1. The minimum atomic E-state index is -3.61. The van der Waals surface area contributed by atoms with Crippen LogP contribution in [0.25, 0.3) is 10.2 Å². The fraction of sp³-hybridized carbons (Fsp3) is 0.440. The second-order valence-corrected chi connectivity index (χ2v) is 12.0. The Morgan fingerprint density at radius 1 is 0.971 bits per heavy atom. The molecule has 35 heavy (non-hydrogen) atoms. The van der Waals surface area contributed by atoms with Gasteiger partial charge < -0.3 is 4.90 Å². The average Bonchev–Trinajstić information content (AvgIpc) is 3.26. The maximum atomic E-state index is 13.6. The van der Waals surface area contributed by atoms with Crippen molar-refractivity contribution in [3.8, 4) is 0 Å². The molecule has 0 atom stereocenters. The van der Waals surface area contributed by atoms with E-state index in [1.165, 1.54) is 27.8 Å². The van der Waals surface area contributed by atoms with Crippen LogP contribution in [-0.2, 0) is 10.0 Å². The topological polar surface area (TPSA) is 73.8 Å². The van der Waals surface area contributed by atoms with Crippen molar-refractivity contribution in [1.29, 1.82) is 0 Å². The first-order valence-corrected chi connectivity index (χ1v) is 14.4. The Morgan fingerprint density at radius 3 is 2.20 bits per heavy atom. The summed E-state index contributed by atoms with van der Waals surface area (Å²) in [6, 6.07) is 11.8. The Kier molecular flexibility index (Phi) is 9.66. The summed E-state index contributed by atoms with van der Waals surface area (Å²) < 4.78 is 28.6. The van der Waals surface area contributed by atoms with Crippen molar-refractivity contribution in [2.75, 3.05) is 45.2 Å². The molecule has 0 aliphatic heterocycles. The lowest BCUT2D eigenvalue weighted by atomic mass is 10.2. The molecule has 3 rings (SSSR count). The number of carbonyl (C=O) groups excluding carboxylic acids is 1. The highest BCUT2D eigenvalue weighted by Crippen LogP contribution is 2.33. The van der Waals surface area contributed by atoms with Gasteiger partial charge in [0, 0.05) is 25.2 Å². The Hall–Kier alpha value is -2.04. The number of amides is 1. The Bertz CT molecular complexity index is 1240. The molecule has 10 heteroatoms. The third-order valence-corrected chi connectivity index (χ3v) is 8.77. The van der Waals surface area contributed by atoms with Crippen LogP contribution in [0.5, 0.6) is 0 Å². The highest BCUT2D eigenvalue weighted by molar-refractivity contribution is 7.89. The number of anilines is 1. The number of sulfonamides is 1. The largest absolute Gasteiger partial charge is 0.309 e. The zero-order valence-corrected chi connectivity index (χ0v) is 23.1. The summed E-state index contributed by atoms with van der Waals surface area (Å²) in [5, 5.41) is 1.12. The van der Waals surface area contributed by atoms with E-state index < -0.39 is 10.0 Å². The molecule has 0 aliphatic carbocycles. The predicted molar refractivity (Wildman–Crippen MR) is 145 cm³/mol. The van der Waals surface area contributed by atoms with Crippen molar-refractivity contribution >= 4 is 54.2 Å². The Morgan fingerprint density at radius 2 is 1.63 bits per heavy atom. The molecule has 0 saturated heterocycles. The highest BCUT2D eigenvalue weighted by atomic mass is 35.5. The summed E-state index contributed by atoms with van der Waals surface area (Å²) in [4.78, 5) is 22.1. The molecule has 1 heterocycles. The maximum absolute atomic E-state index is 13.6. The van der Waals surface area contributed by atoms with Crippen LogP contribution in [0.15, 0.2) is 47.4 Å². The van der Waals surface area contributed by atoms with Gasteiger partial charge in [-0.3, -0.25) is 9.69 Å². The first kappa shape index (κ1) is 27.5. The molecule has 0 radical (unpaired) electrons. The van der Waals surface area contributed by atoms with Gasteiger partial charge in [0.25, 0.3) is 5.91 Å². The molecule has 3 aromatic rings. The van der Waals surface area contributed by atoms with Crippen molar-refractivity contribution in [3.05, 3.63) is 53.1 Å². The zero-order chi connectivity index (χ0) is 25.6. The molecular formula is C25H33ClN4O3S2. The lowest BCUT2D eigenvalue weighted by Crippen LogP contribution is -2.34. The molecule has 0 unspecified atom stereocenters. The number of aromatic nitrogens is 1. The van der Waals surface area contributed by atoms with Gasteiger partial charge in [-0.05, 0) is 76.3 Å². The molecule has 7 nitrogen and oxygen atoms in total. The quantitative estimate of drug-likeness (QED) is 0.311. The Labute approximate surface area is 217 Å². The number of halogens is 1. The van der Waals surface area contributed by atoms with E-state index in [1.807, 2.05) is 40.1 Å². The fourth-order valence-corrected chi connectivity index (χ4v) is 6.69. The number of hydrogen-bond donors (Lipinski definition) is 0.